The molecule has 0 fully saturated rings. The lowest BCUT2D eigenvalue weighted by Crippen LogP contribution is -1.98. The predicted molar refractivity (Wildman–Crippen MR) is 55.1 cm³/mol. The molecule has 0 amide bonds. The fourth-order valence-electron chi connectivity index (χ4n) is 1.33. The molecule has 0 saturated carbocycles. The Morgan fingerprint density at radius 3 is 3.07 bits per heavy atom. The van der Waals surface area contributed by atoms with Crippen LogP contribution in [0.15, 0.2) is 18.2 Å². The lowest BCUT2D eigenvalue weighted by molar-refractivity contribution is 0.0979. The Balaban J connectivity index is 2.56. The number of carbonyl (C=O) groups excluding carboxylic acids is 1. The van der Waals surface area contributed by atoms with Crippen molar-refractivity contribution in [3.8, 4) is 0 Å². The molecule has 0 spiro atoms. The molecule has 1 aromatic heterocycles. The zero-order valence-corrected chi connectivity index (χ0v) is 7.87. The second-order valence-corrected chi connectivity index (χ2v) is 3.14. The molecule has 3 N–H and O–H groups in total. The lowest BCUT2D eigenvalue weighted by Gasteiger charge is -1.89. The van der Waals surface area contributed by atoms with Crippen molar-refractivity contribution in [1.29, 1.82) is 0 Å². The smallest absolute Gasteiger partial charge is 0.197 e. The number of anilines is 1. The maximum absolute atomic E-state index is 11.3. The molecule has 2 rings (SSSR count). The van der Waals surface area contributed by atoms with Crippen LogP contribution in [0.25, 0.3) is 11.0 Å². The summed E-state index contributed by atoms with van der Waals surface area (Å²) in [6.07, 6.45) is 0.454. The molecule has 0 aliphatic rings. The van der Waals surface area contributed by atoms with Crippen molar-refractivity contribution in [2.24, 2.45) is 0 Å². The van der Waals surface area contributed by atoms with Crippen molar-refractivity contribution >= 4 is 22.5 Å². The van der Waals surface area contributed by atoms with Crippen LogP contribution in [0.2, 0.25) is 0 Å². The number of benzene rings is 1. The first-order valence-electron chi connectivity index (χ1n) is 4.49. The number of fused-ring (bicyclic) bond motifs is 1. The van der Waals surface area contributed by atoms with Gasteiger partial charge in [0.15, 0.2) is 11.6 Å². The van der Waals surface area contributed by atoms with Gasteiger partial charge in [0.1, 0.15) is 0 Å². The molecule has 2 aromatic rings. The largest absolute Gasteiger partial charge is 0.399 e. The molecular weight excluding hydrogens is 178 g/mol. The van der Waals surface area contributed by atoms with Gasteiger partial charge in [-0.2, -0.15) is 0 Å². The van der Waals surface area contributed by atoms with Gasteiger partial charge in [-0.05, 0) is 18.2 Å². The normalized spacial score (nSPS) is 10.6. The highest BCUT2D eigenvalue weighted by molar-refractivity contribution is 5.95. The van der Waals surface area contributed by atoms with E-state index in [0.29, 0.717) is 17.9 Å². The number of Topliss-reactive ketones (excluding diaryl/α,β-unsaturated/α-hetero) is 1. The van der Waals surface area contributed by atoms with Gasteiger partial charge < -0.3 is 10.7 Å². The number of aromatic amines is 1. The number of carbonyl (C=O) groups is 1. The summed E-state index contributed by atoms with van der Waals surface area (Å²) in [5, 5.41) is 0. The number of rotatable bonds is 2. The molecule has 72 valence electrons. The first-order chi connectivity index (χ1) is 6.70. The molecule has 1 heterocycles. The standard InChI is InChI=1S/C10H11N3O/c1-2-9(14)10-12-7-4-3-6(11)5-8(7)13-10/h3-5H,2,11H2,1H3,(H,12,13). The number of nitrogen functional groups attached to an aromatic ring is 1. The van der Waals surface area contributed by atoms with Gasteiger partial charge in [0.25, 0.3) is 0 Å². The Morgan fingerprint density at radius 2 is 2.36 bits per heavy atom. The van der Waals surface area contributed by atoms with Gasteiger partial charge in [-0.1, -0.05) is 6.92 Å². The number of nitrogens with one attached hydrogen (secondary N) is 1. The number of aromatic nitrogens is 2. The van der Waals surface area contributed by atoms with Gasteiger partial charge in [0, 0.05) is 12.1 Å². The third kappa shape index (κ3) is 1.35. The molecule has 0 unspecified atom stereocenters. The van der Waals surface area contributed by atoms with Gasteiger partial charge in [-0.15, -0.1) is 0 Å². The Hall–Kier alpha value is -1.84. The van der Waals surface area contributed by atoms with Crippen LogP contribution in [0.4, 0.5) is 5.69 Å². The average molecular weight is 189 g/mol. The van der Waals surface area contributed by atoms with Gasteiger partial charge in [-0.25, -0.2) is 4.98 Å². The summed E-state index contributed by atoms with van der Waals surface area (Å²) in [5.41, 5.74) is 7.85. The summed E-state index contributed by atoms with van der Waals surface area (Å²) in [5.74, 6) is 0.424. The van der Waals surface area contributed by atoms with E-state index < -0.39 is 0 Å². The van der Waals surface area contributed by atoms with E-state index >= 15 is 0 Å². The summed E-state index contributed by atoms with van der Waals surface area (Å²) in [4.78, 5) is 18.5. The van der Waals surface area contributed by atoms with Gasteiger partial charge in [-0.3, -0.25) is 4.79 Å². The van der Waals surface area contributed by atoms with Gasteiger partial charge in [0.2, 0.25) is 0 Å². The van der Waals surface area contributed by atoms with Crippen molar-refractivity contribution < 1.29 is 4.79 Å². The Kier molecular flexibility index (Phi) is 1.96. The average Bonchev–Trinajstić information content (AvgIpc) is 2.59. The van der Waals surface area contributed by atoms with Crippen molar-refractivity contribution in [2.45, 2.75) is 13.3 Å². The quantitative estimate of drug-likeness (QED) is 0.558. The molecule has 1 aromatic carbocycles. The fourth-order valence-corrected chi connectivity index (χ4v) is 1.33. The van der Waals surface area contributed by atoms with Crippen molar-refractivity contribution in [3.63, 3.8) is 0 Å². The fraction of sp³-hybridized carbons (Fsp3) is 0.200. The minimum Gasteiger partial charge on any atom is -0.399 e. The number of nitrogens with two attached hydrogens (primary N) is 1. The van der Waals surface area contributed by atoms with Crippen molar-refractivity contribution in [1.82, 2.24) is 9.97 Å². The Morgan fingerprint density at radius 1 is 1.57 bits per heavy atom. The van der Waals surface area contributed by atoms with Crippen molar-refractivity contribution in [2.75, 3.05) is 5.73 Å². The zero-order valence-electron chi connectivity index (χ0n) is 7.87. The summed E-state index contributed by atoms with van der Waals surface area (Å²) in [6.45, 7) is 1.81. The number of hydrogen-bond acceptors (Lipinski definition) is 3. The van der Waals surface area contributed by atoms with E-state index in [9.17, 15) is 4.79 Å². The second-order valence-electron chi connectivity index (χ2n) is 3.14. The molecular formula is C10H11N3O. The monoisotopic (exact) mass is 189 g/mol. The molecule has 4 nitrogen and oxygen atoms in total. The van der Waals surface area contributed by atoms with Crippen LogP contribution < -0.4 is 5.73 Å². The SMILES string of the molecule is CCC(=O)c1nc2ccc(N)cc2[nH]1. The highest BCUT2D eigenvalue weighted by Gasteiger charge is 2.08. The maximum Gasteiger partial charge on any atom is 0.197 e. The number of H-pyrrole nitrogens is 1. The number of hydrogen-bond donors (Lipinski definition) is 2. The first-order valence-corrected chi connectivity index (χ1v) is 4.49. The molecule has 0 bridgehead atoms. The molecule has 0 aliphatic heterocycles. The van der Waals surface area contributed by atoms with Crippen LogP contribution in [0.5, 0.6) is 0 Å². The van der Waals surface area contributed by atoms with E-state index in [1.807, 2.05) is 6.92 Å². The molecule has 0 atom stereocenters. The van der Waals surface area contributed by atoms with E-state index in [-0.39, 0.29) is 5.78 Å². The first kappa shape index (κ1) is 8.74. The molecule has 14 heavy (non-hydrogen) atoms. The van der Waals surface area contributed by atoms with Gasteiger partial charge in [0.05, 0.1) is 11.0 Å². The highest BCUT2D eigenvalue weighted by Crippen LogP contribution is 2.15. The summed E-state index contributed by atoms with van der Waals surface area (Å²) in [6, 6.07) is 5.34. The lowest BCUT2D eigenvalue weighted by atomic mass is 10.3. The van der Waals surface area contributed by atoms with Crippen LogP contribution >= 0.6 is 0 Å². The number of imidazole rings is 1. The van der Waals surface area contributed by atoms with Crippen LogP contribution in [-0.2, 0) is 0 Å². The number of nitrogens with zero attached hydrogens (tertiary/aromatic N) is 1. The van der Waals surface area contributed by atoms with E-state index in [0.717, 1.165) is 11.0 Å². The summed E-state index contributed by atoms with van der Waals surface area (Å²) >= 11 is 0. The molecule has 0 radical (unpaired) electrons. The zero-order chi connectivity index (χ0) is 10.1. The van der Waals surface area contributed by atoms with Crippen molar-refractivity contribution in [3.05, 3.63) is 24.0 Å². The van der Waals surface area contributed by atoms with Crippen LogP contribution in [0, 0.1) is 0 Å². The summed E-state index contributed by atoms with van der Waals surface area (Å²) < 4.78 is 0. The minimum absolute atomic E-state index is 0.0137. The minimum atomic E-state index is 0.0137. The molecule has 0 aliphatic carbocycles. The maximum atomic E-state index is 11.3. The van der Waals surface area contributed by atoms with Crippen LogP contribution in [0.3, 0.4) is 0 Å². The molecule has 0 saturated heterocycles. The second kappa shape index (κ2) is 3.14. The Bertz CT molecular complexity index is 487. The topological polar surface area (TPSA) is 71.8 Å². The van der Waals surface area contributed by atoms with Crippen LogP contribution in [0.1, 0.15) is 24.0 Å². The van der Waals surface area contributed by atoms with E-state index in [4.69, 9.17) is 5.73 Å². The van der Waals surface area contributed by atoms with E-state index in [1.54, 1.807) is 18.2 Å². The predicted octanol–water partition coefficient (Wildman–Crippen LogP) is 1.74. The van der Waals surface area contributed by atoms with E-state index in [2.05, 4.69) is 9.97 Å². The van der Waals surface area contributed by atoms with Crippen LogP contribution in [-0.4, -0.2) is 15.8 Å². The number of ketones is 1. The summed E-state index contributed by atoms with van der Waals surface area (Å²) in [7, 11) is 0. The third-order valence-corrected chi connectivity index (χ3v) is 2.09. The third-order valence-electron chi connectivity index (χ3n) is 2.09. The van der Waals surface area contributed by atoms with E-state index in [1.165, 1.54) is 0 Å². The van der Waals surface area contributed by atoms with Gasteiger partial charge >= 0.3 is 0 Å². The molecule has 4 heteroatoms. The Labute approximate surface area is 81.1 Å². The highest BCUT2D eigenvalue weighted by atomic mass is 16.1.